The summed E-state index contributed by atoms with van der Waals surface area (Å²) in [7, 11) is 1.95. The number of nitrogens with zero attached hydrogens (tertiary/aromatic N) is 2. The molecule has 0 unspecified atom stereocenters. The molecule has 0 atom stereocenters. The molecule has 0 saturated heterocycles. The van der Waals surface area contributed by atoms with Gasteiger partial charge in [-0.1, -0.05) is 13.0 Å². The van der Waals surface area contributed by atoms with Gasteiger partial charge in [0.05, 0.1) is 17.1 Å². The lowest BCUT2D eigenvalue weighted by atomic mass is 10.1. The number of benzene rings is 1. The zero-order valence-corrected chi connectivity index (χ0v) is 11.2. The highest BCUT2D eigenvalue weighted by Gasteiger charge is 2.06. The number of nitrogens with one attached hydrogen (secondary N) is 1. The maximum atomic E-state index is 5.98. The fourth-order valence-corrected chi connectivity index (χ4v) is 2.06. The molecule has 1 aromatic heterocycles. The molecule has 4 heteroatoms. The van der Waals surface area contributed by atoms with Gasteiger partial charge in [-0.25, -0.2) is 0 Å². The fraction of sp³-hybridized carbons (Fsp3) is 0.357. The molecule has 0 saturated carbocycles. The van der Waals surface area contributed by atoms with Crippen molar-refractivity contribution in [2.24, 2.45) is 7.05 Å². The highest BCUT2D eigenvalue weighted by Crippen LogP contribution is 2.20. The molecule has 0 bridgehead atoms. The Morgan fingerprint density at radius 1 is 1.39 bits per heavy atom. The van der Waals surface area contributed by atoms with Crippen molar-refractivity contribution in [1.82, 2.24) is 9.78 Å². The summed E-state index contributed by atoms with van der Waals surface area (Å²) in [4.78, 5) is 0. The molecule has 4 nitrogen and oxygen atoms in total. The molecule has 0 amide bonds. The Labute approximate surface area is 108 Å². The average molecular weight is 244 g/mol. The maximum Gasteiger partial charge on any atom is 0.0671 e. The number of aromatic nitrogens is 2. The minimum atomic E-state index is 0.754. The molecule has 18 heavy (non-hydrogen) atoms. The highest BCUT2D eigenvalue weighted by molar-refractivity contribution is 5.66. The lowest BCUT2D eigenvalue weighted by molar-refractivity contribution is 0.746. The summed E-state index contributed by atoms with van der Waals surface area (Å²) in [5, 5.41) is 7.79. The van der Waals surface area contributed by atoms with Crippen molar-refractivity contribution in [2.45, 2.75) is 26.8 Å². The van der Waals surface area contributed by atoms with Crippen LogP contribution < -0.4 is 11.1 Å². The van der Waals surface area contributed by atoms with Crippen molar-refractivity contribution < 1.29 is 0 Å². The smallest absolute Gasteiger partial charge is 0.0671 e. The normalized spacial score (nSPS) is 10.6. The topological polar surface area (TPSA) is 55.9 Å². The summed E-state index contributed by atoms with van der Waals surface area (Å²) in [6.07, 6.45) is 3.00. The maximum absolute atomic E-state index is 5.98. The Morgan fingerprint density at radius 3 is 2.83 bits per heavy atom. The molecule has 1 aromatic carbocycles. The molecule has 0 spiro atoms. The second-order valence-corrected chi connectivity index (χ2v) is 4.57. The van der Waals surface area contributed by atoms with E-state index in [4.69, 9.17) is 5.73 Å². The second-order valence-electron chi connectivity index (χ2n) is 4.57. The van der Waals surface area contributed by atoms with Crippen LogP contribution in [0, 0.1) is 6.92 Å². The fourth-order valence-electron chi connectivity index (χ4n) is 2.06. The molecule has 0 aliphatic rings. The van der Waals surface area contributed by atoms with Crippen molar-refractivity contribution in [3.8, 4) is 0 Å². The van der Waals surface area contributed by atoms with Gasteiger partial charge in [0.25, 0.3) is 0 Å². The Balaban J connectivity index is 2.11. The van der Waals surface area contributed by atoms with Crippen molar-refractivity contribution in [1.29, 1.82) is 0 Å². The van der Waals surface area contributed by atoms with E-state index in [2.05, 4.69) is 29.6 Å². The molecule has 1 heterocycles. The van der Waals surface area contributed by atoms with E-state index in [9.17, 15) is 0 Å². The molecule has 0 fully saturated rings. The summed E-state index contributed by atoms with van der Waals surface area (Å²) in [5.41, 5.74) is 11.3. The van der Waals surface area contributed by atoms with E-state index in [0.29, 0.717) is 0 Å². The van der Waals surface area contributed by atoms with Gasteiger partial charge in [0.1, 0.15) is 0 Å². The first-order valence-electron chi connectivity index (χ1n) is 6.21. The number of anilines is 2. The largest absolute Gasteiger partial charge is 0.397 e. The third-order valence-electron chi connectivity index (χ3n) is 3.00. The van der Waals surface area contributed by atoms with Gasteiger partial charge in [0, 0.05) is 25.4 Å². The number of aryl methyl sites for hydroxylation is 3. The van der Waals surface area contributed by atoms with Crippen LogP contribution >= 0.6 is 0 Å². The molecule has 0 aliphatic carbocycles. The first-order chi connectivity index (χ1) is 8.60. The van der Waals surface area contributed by atoms with Crippen molar-refractivity contribution in [3.05, 3.63) is 41.2 Å². The second kappa shape index (κ2) is 5.12. The van der Waals surface area contributed by atoms with Crippen molar-refractivity contribution >= 4 is 11.4 Å². The number of nitrogen functional groups attached to an aromatic ring is 1. The van der Waals surface area contributed by atoms with Gasteiger partial charge in [-0.05, 0) is 31.0 Å². The van der Waals surface area contributed by atoms with Crippen LogP contribution in [0.2, 0.25) is 0 Å². The molecule has 96 valence electrons. The van der Waals surface area contributed by atoms with Crippen LogP contribution in [0.3, 0.4) is 0 Å². The van der Waals surface area contributed by atoms with Gasteiger partial charge in [-0.2, -0.15) is 5.10 Å². The first kappa shape index (κ1) is 12.5. The SMILES string of the molecule is CCc1nn(C)cc1CNc1ccc(C)cc1N. The van der Waals surface area contributed by atoms with Crippen LogP contribution in [-0.4, -0.2) is 9.78 Å². The number of hydrogen-bond donors (Lipinski definition) is 2. The molecular formula is C14H20N4. The minimum absolute atomic E-state index is 0.754. The molecule has 3 N–H and O–H groups in total. The number of hydrogen-bond acceptors (Lipinski definition) is 3. The van der Waals surface area contributed by atoms with Crippen LogP contribution in [0.5, 0.6) is 0 Å². The predicted molar refractivity (Wildman–Crippen MR) is 75.5 cm³/mol. The van der Waals surface area contributed by atoms with Crippen molar-refractivity contribution in [2.75, 3.05) is 11.1 Å². The van der Waals surface area contributed by atoms with Crippen LogP contribution in [0.15, 0.2) is 24.4 Å². The minimum Gasteiger partial charge on any atom is -0.397 e. The van der Waals surface area contributed by atoms with Gasteiger partial charge >= 0.3 is 0 Å². The summed E-state index contributed by atoms with van der Waals surface area (Å²) < 4.78 is 1.86. The van der Waals surface area contributed by atoms with Crippen LogP contribution in [-0.2, 0) is 20.0 Å². The van der Waals surface area contributed by atoms with Gasteiger partial charge in [0.15, 0.2) is 0 Å². The van der Waals surface area contributed by atoms with E-state index >= 15 is 0 Å². The van der Waals surface area contributed by atoms with Crippen molar-refractivity contribution in [3.63, 3.8) is 0 Å². The summed E-state index contributed by atoms with van der Waals surface area (Å²) in [6.45, 7) is 4.91. The molecule has 0 radical (unpaired) electrons. The summed E-state index contributed by atoms with van der Waals surface area (Å²) >= 11 is 0. The predicted octanol–water partition coefficient (Wildman–Crippen LogP) is 2.49. The van der Waals surface area contributed by atoms with Gasteiger partial charge in [0.2, 0.25) is 0 Å². The summed E-state index contributed by atoms with van der Waals surface area (Å²) in [5.74, 6) is 0. The Bertz CT molecular complexity index is 543. The van der Waals surface area contributed by atoms with Crippen LogP contribution in [0.25, 0.3) is 0 Å². The quantitative estimate of drug-likeness (QED) is 0.812. The lowest BCUT2D eigenvalue weighted by Gasteiger charge is -2.09. The third-order valence-corrected chi connectivity index (χ3v) is 3.00. The molecule has 2 rings (SSSR count). The van der Waals surface area contributed by atoms with E-state index in [1.54, 1.807) is 0 Å². The third kappa shape index (κ3) is 2.64. The monoisotopic (exact) mass is 244 g/mol. The standard InChI is InChI=1S/C14H20N4/c1-4-13-11(9-18(3)17-13)8-16-14-6-5-10(2)7-12(14)15/h5-7,9,16H,4,8,15H2,1-3H3. The lowest BCUT2D eigenvalue weighted by Crippen LogP contribution is -2.03. The Morgan fingerprint density at radius 2 is 2.17 bits per heavy atom. The van der Waals surface area contributed by atoms with E-state index in [1.807, 2.05) is 30.8 Å². The molecule has 2 aromatic rings. The molecule has 0 aliphatic heterocycles. The molecular weight excluding hydrogens is 224 g/mol. The zero-order chi connectivity index (χ0) is 13.1. The Hall–Kier alpha value is -1.97. The first-order valence-corrected chi connectivity index (χ1v) is 6.21. The van der Waals surface area contributed by atoms with Crippen LogP contribution in [0.1, 0.15) is 23.7 Å². The van der Waals surface area contributed by atoms with Gasteiger partial charge in [-0.15, -0.1) is 0 Å². The van der Waals surface area contributed by atoms with Gasteiger partial charge < -0.3 is 11.1 Å². The van der Waals surface area contributed by atoms with E-state index in [1.165, 1.54) is 11.1 Å². The number of nitrogens with two attached hydrogens (primary N) is 1. The zero-order valence-electron chi connectivity index (χ0n) is 11.2. The van der Waals surface area contributed by atoms with E-state index < -0.39 is 0 Å². The van der Waals surface area contributed by atoms with Crippen LogP contribution in [0.4, 0.5) is 11.4 Å². The summed E-state index contributed by atoms with van der Waals surface area (Å²) in [6, 6.07) is 6.06. The number of rotatable bonds is 4. The average Bonchev–Trinajstić information content (AvgIpc) is 2.68. The Kier molecular flexibility index (Phi) is 3.55. The van der Waals surface area contributed by atoms with E-state index in [-0.39, 0.29) is 0 Å². The highest BCUT2D eigenvalue weighted by atomic mass is 15.3. The van der Waals surface area contributed by atoms with Gasteiger partial charge in [-0.3, -0.25) is 4.68 Å². The van der Waals surface area contributed by atoms with E-state index in [0.717, 1.165) is 30.0 Å².